The molecule has 2 N–H and O–H groups in total. The van der Waals surface area contributed by atoms with E-state index in [0.29, 0.717) is 5.69 Å². The van der Waals surface area contributed by atoms with Crippen LogP contribution in [-0.2, 0) is 0 Å². The molecular weight excluding hydrogens is 306 g/mol. The van der Waals surface area contributed by atoms with Gasteiger partial charge in [-0.05, 0) is 30.5 Å². The van der Waals surface area contributed by atoms with E-state index >= 15 is 0 Å². The van der Waals surface area contributed by atoms with Gasteiger partial charge in [0.1, 0.15) is 5.69 Å². The molecule has 3 rings (SSSR count). The number of nitro groups is 1. The highest BCUT2D eigenvalue weighted by atomic mass is 16.6. The minimum Gasteiger partial charge on any atom is -0.387 e. The van der Waals surface area contributed by atoms with Crippen molar-refractivity contribution in [3.05, 3.63) is 64.2 Å². The van der Waals surface area contributed by atoms with Gasteiger partial charge in [0, 0.05) is 31.4 Å². The summed E-state index contributed by atoms with van der Waals surface area (Å²) in [6.07, 6.45) is 1.57. The Bertz CT molecular complexity index is 700. The molecule has 1 aliphatic rings. The zero-order valence-electron chi connectivity index (χ0n) is 13.4. The smallest absolute Gasteiger partial charge is 0.292 e. The highest BCUT2D eigenvalue weighted by Gasteiger charge is 2.19. The lowest BCUT2D eigenvalue weighted by Gasteiger charge is -2.19. The highest BCUT2D eigenvalue weighted by molar-refractivity contribution is 5.69. The van der Waals surface area contributed by atoms with E-state index in [-0.39, 0.29) is 12.2 Å². The van der Waals surface area contributed by atoms with Crippen molar-refractivity contribution in [1.82, 2.24) is 0 Å². The van der Waals surface area contributed by atoms with E-state index in [4.69, 9.17) is 0 Å². The van der Waals surface area contributed by atoms with Crippen molar-refractivity contribution in [3.63, 3.8) is 0 Å². The molecule has 2 aromatic carbocycles. The van der Waals surface area contributed by atoms with Crippen LogP contribution < -0.4 is 10.2 Å². The number of rotatable bonds is 6. The second-order valence-corrected chi connectivity index (χ2v) is 5.96. The third kappa shape index (κ3) is 3.65. The minimum absolute atomic E-state index is 0.0261. The number of hydrogen-bond donors (Lipinski definition) is 2. The van der Waals surface area contributed by atoms with Gasteiger partial charge in [-0.1, -0.05) is 30.3 Å². The summed E-state index contributed by atoms with van der Waals surface area (Å²) in [7, 11) is 0. The number of nitrogens with one attached hydrogen (secondary N) is 1. The summed E-state index contributed by atoms with van der Waals surface area (Å²) in [6, 6.07) is 14.4. The van der Waals surface area contributed by atoms with Crippen LogP contribution >= 0.6 is 0 Å². The van der Waals surface area contributed by atoms with Crippen LogP contribution in [0.2, 0.25) is 0 Å². The number of benzene rings is 2. The Morgan fingerprint density at radius 1 is 1.17 bits per heavy atom. The summed E-state index contributed by atoms with van der Waals surface area (Å²) in [5.41, 5.74) is 2.23. The van der Waals surface area contributed by atoms with E-state index in [1.165, 1.54) is 6.07 Å². The van der Waals surface area contributed by atoms with Crippen LogP contribution in [0.3, 0.4) is 0 Å². The standard InChI is InChI=1S/C18H21N3O3/c22-18(14-6-2-1-3-7-14)13-19-16-12-15(20-10-4-5-11-20)8-9-17(16)21(23)24/h1-3,6-9,12,18-19,22H,4-5,10-11,13H2. The molecule has 126 valence electrons. The third-order valence-electron chi connectivity index (χ3n) is 4.32. The van der Waals surface area contributed by atoms with Crippen molar-refractivity contribution in [2.75, 3.05) is 29.9 Å². The number of aliphatic hydroxyl groups is 1. The van der Waals surface area contributed by atoms with E-state index in [2.05, 4.69) is 10.2 Å². The van der Waals surface area contributed by atoms with Gasteiger partial charge in [-0.15, -0.1) is 0 Å². The van der Waals surface area contributed by atoms with Crippen LogP contribution in [0.25, 0.3) is 0 Å². The summed E-state index contributed by atoms with van der Waals surface area (Å²) in [6.45, 7) is 2.17. The molecule has 1 saturated heterocycles. The molecule has 6 heteroatoms. The summed E-state index contributed by atoms with van der Waals surface area (Å²) in [4.78, 5) is 13.1. The van der Waals surface area contributed by atoms with E-state index in [9.17, 15) is 15.2 Å². The Labute approximate surface area is 140 Å². The first-order chi connectivity index (χ1) is 11.6. The summed E-state index contributed by atoms with van der Waals surface area (Å²) in [5, 5.41) is 24.5. The van der Waals surface area contributed by atoms with Crippen molar-refractivity contribution >= 4 is 17.1 Å². The number of anilines is 2. The van der Waals surface area contributed by atoms with Gasteiger partial charge in [0.2, 0.25) is 0 Å². The Morgan fingerprint density at radius 3 is 2.54 bits per heavy atom. The Balaban J connectivity index is 1.77. The Kier molecular flexibility index (Phi) is 4.96. The molecule has 1 heterocycles. The summed E-state index contributed by atoms with van der Waals surface area (Å²) in [5.74, 6) is 0. The van der Waals surface area contributed by atoms with Crippen molar-refractivity contribution in [1.29, 1.82) is 0 Å². The predicted molar refractivity (Wildman–Crippen MR) is 94.4 cm³/mol. The topological polar surface area (TPSA) is 78.6 Å². The molecule has 2 aromatic rings. The molecule has 24 heavy (non-hydrogen) atoms. The average Bonchev–Trinajstić information content (AvgIpc) is 3.14. The Hall–Kier alpha value is -2.60. The van der Waals surface area contributed by atoms with Gasteiger partial charge in [-0.25, -0.2) is 0 Å². The lowest BCUT2D eigenvalue weighted by molar-refractivity contribution is -0.383. The lowest BCUT2D eigenvalue weighted by atomic mass is 10.1. The van der Waals surface area contributed by atoms with E-state index in [1.807, 2.05) is 30.3 Å². The van der Waals surface area contributed by atoms with Crippen molar-refractivity contribution in [3.8, 4) is 0 Å². The molecule has 6 nitrogen and oxygen atoms in total. The highest BCUT2D eigenvalue weighted by Crippen LogP contribution is 2.31. The maximum absolute atomic E-state index is 11.3. The van der Waals surface area contributed by atoms with Gasteiger partial charge in [0.15, 0.2) is 0 Å². The van der Waals surface area contributed by atoms with Crippen molar-refractivity contribution in [2.24, 2.45) is 0 Å². The number of nitro benzene ring substituents is 1. The summed E-state index contributed by atoms with van der Waals surface area (Å²) < 4.78 is 0. The first-order valence-corrected chi connectivity index (χ1v) is 8.15. The predicted octanol–water partition coefficient (Wildman–Crippen LogP) is 3.34. The van der Waals surface area contributed by atoms with Crippen molar-refractivity contribution in [2.45, 2.75) is 18.9 Å². The minimum atomic E-state index is -0.721. The second kappa shape index (κ2) is 7.31. The molecule has 0 saturated carbocycles. The number of nitrogens with zero attached hydrogens (tertiary/aromatic N) is 2. The molecule has 0 aromatic heterocycles. The molecule has 0 bridgehead atoms. The van der Waals surface area contributed by atoms with Crippen LogP contribution in [-0.4, -0.2) is 29.7 Å². The molecule has 0 spiro atoms. The lowest BCUT2D eigenvalue weighted by Crippen LogP contribution is -2.18. The quantitative estimate of drug-likeness (QED) is 0.628. The SMILES string of the molecule is O=[N+]([O-])c1ccc(N2CCCC2)cc1NCC(O)c1ccccc1. The Morgan fingerprint density at radius 2 is 1.88 bits per heavy atom. The molecular formula is C18H21N3O3. The molecule has 1 aliphatic heterocycles. The molecule has 0 radical (unpaired) electrons. The zero-order valence-corrected chi connectivity index (χ0v) is 13.4. The molecule has 1 atom stereocenters. The van der Waals surface area contributed by atoms with Crippen LogP contribution in [0, 0.1) is 10.1 Å². The van der Waals surface area contributed by atoms with Crippen LogP contribution in [0.4, 0.5) is 17.1 Å². The van der Waals surface area contributed by atoms with Crippen LogP contribution in [0.15, 0.2) is 48.5 Å². The normalized spacial score (nSPS) is 15.3. The summed E-state index contributed by atoms with van der Waals surface area (Å²) >= 11 is 0. The molecule has 0 amide bonds. The molecule has 1 unspecified atom stereocenters. The first-order valence-electron chi connectivity index (χ1n) is 8.15. The average molecular weight is 327 g/mol. The fourth-order valence-electron chi connectivity index (χ4n) is 3.00. The van der Waals surface area contributed by atoms with Crippen LogP contribution in [0.5, 0.6) is 0 Å². The largest absolute Gasteiger partial charge is 0.387 e. The van der Waals surface area contributed by atoms with Gasteiger partial charge in [0.05, 0.1) is 11.0 Å². The van der Waals surface area contributed by atoms with E-state index in [0.717, 1.165) is 37.2 Å². The van der Waals surface area contributed by atoms with E-state index < -0.39 is 11.0 Å². The third-order valence-corrected chi connectivity index (χ3v) is 4.32. The maximum Gasteiger partial charge on any atom is 0.292 e. The van der Waals surface area contributed by atoms with E-state index in [1.54, 1.807) is 12.1 Å². The van der Waals surface area contributed by atoms with Crippen LogP contribution in [0.1, 0.15) is 24.5 Å². The number of aliphatic hydroxyl groups excluding tert-OH is 1. The maximum atomic E-state index is 11.3. The van der Waals surface area contributed by atoms with Crippen molar-refractivity contribution < 1.29 is 10.0 Å². The van der Waals surface area contributed by atoms with Gasteiger partial charge < -0.3 is 15.3 Å². The fraction of sp³-hybridized carbons (Fsp3) is 0.333. The molecule has 1 fully saturated rings. The first kappa shape index (κ1) is 16.3. The number of hydrogen-bond acceptors (Lipinski definition) is 5. The molecule has 0 aliphatic carbocycles. The van der Waals surface area contributed by atoms with Gasteiger partial charge >= 0.3 is 0 Å². The fourth-order valence-corrected chi connectivity index (χ4v) is 3.00. The van der Waals surface area contributed by atoms with Gasteiger partial charge in [-0.3, -0.25) is 10.1 Å². The van der Waals surface area contributed by atoms with Gasteiger partial charge in [0.25, 0.3) is 5.69 Å². The monoisotopic (exact) mass is 327 g/mol. The zero-order chi connectivity index (χ0) is 16.9. The second-order valence-electron chi connectivity index (χ2n) is 5.96. The van der Waals surface area contributed by atoms with Gasteiger partial charge in [-0.2, -0.15) is 0 Å².